The minimum atomic E-state index is -4.44. The van der Waals surface area contributed by atoms with Gasteiger partial charge in [-0.2, -0.15) is 13.2 Å². The van der Waals surface area contributed by atoms with E-state index in [2.05, 4.69) is 10.2 Å². The van der Waals surface area contributed by atoms with Gasteiger partial charge in [-0.15, -0.1) is 21.8 Å². The molecule has 0 saturated carbocycles. The topological polar surface area (TPSA) is 29.0 Å². The molecule has 1 fully saturated rings. The van der Waals surface area contributed by atoms with Gasteiger partial charge >= 0.3 is 6.18 Å². The standard InChI is InChI=1S/C10H11ClF3N3/c11-7-3-5-17(6-4-7)9-2-1-8(15-16-9)10(12,13)14/h1-2,7H,3-6H2. The molecule has 0 spiro atoms. The molecule has 3 nitrogen and oxygen atoms in total. The lowest BCUT2D eigenvalue weighted by Gasteiger charge is -2.29. The maximum Gasteiger partial charge on any atom is 0.435 e. The Labute approximate surface area is 102 Å². The Morgan fingerprint density at radius 1 is 1.18 bits per heavy atom. The van der Waals surface area contributed by atoms with E-state index in [1.165, 1.54) is 6.07 Å². The van der Waals surface area contributed by atoms with Crippen molar-refractivity contribution in [2.45, 2.75) is 24.4 Å². The molecule has 0 bridgehead atoms. The first-order chi connectivity index (χ1) is 7.97. The van der Waals surface area contributed by atoms with Gasteiger partial charge < -0.3 is 4.90 Å². The molecule has 1 aliphatic rings. The first kappa shape index (κ1) is 12.4. The average molecular weight is 266 g/mol. The molecule has 0 radical (unpaired) electrons. The summed E-state index contributed by atoms with van der Waals surface area (Å²) in [6.45, 7) is 1.41. The predicted molar refractivity (Wildman–Crippen MR) is 58.1 cm³/mol. The lowest BCUT2D eigenvalue weighted by molar-refractivity contribution is -0.141. The van der Waals surface area contributed by atoms with Gasteiger partial charge in [0.15, 0.2) is 11.5 Å². The van der Waals surface area contributed by atoms with Crippen molar-refractivity contribution in [2.75, 3.05) is 18.0 Å². The molecular weight excluding hydrogens is 255 g/mol. The van der Waals surface area contributed by atoms with Gasteiger partial charge in [0.05, 0.1) is 0 Å². The highest BCUT2D eigenvalue weighted by Gasteiger charge is 2.33. The number of aromatic nitrogens is 2. The molecule has 17 heavy (non-hydrogen) atoms. The SMILES string of the molecule is FC(F)(F)c1ccc(N2CCC(Cl)CC2)nn1. The number of piperidine rings is 1. The minimum absolute atomic E-state index is 0.147. The lowest BCUT2D eigenvalue weighted by Crippen LogP contribution is -2.34. The zero-order chi connectivity index (χ0) is 12.5. The summed E-state index contributed by atoms with van der Waals surface area (Å²) in [5.41, 5.74) is -0.964. The van der Waals surface area contributed by atoms with Gasteiger partial charge in [0, 0.05) is 18.5 Å². The van der Waals surface area contributed by atoms with E-state index in [-0.39, 0.29) is 5.38 Å². The Hall–Kier alpha value is -1.04. The van der Waals surface area contributed by atoms with Crippen molar-refractivity contribution in [3.63, 3.8) is 0 Å². The van der Waals surface area contributed by atoms with Crippen LogP contribution in [0, 0.1) is 0 Å². The van der Waals surface area contributed by atoms with Gasteiger partial charge in [0.1, 0.15) is 0 Å². The third-order valence-corrected chi connectivity index (χ3v) is 3.13. The molecule has 0 aliphatic carbocycles. The Kier molecular flexibility index (Phi) is 3.42. The summed E-state index contributed by atoms with van der Waals surface area (Å²) in [4.78, 5) is 1.89. The van der Waals surface area contributed by atoms with Crippen molar-refractivity contribution in [1.29, 1.82) is 0 Å². The summed E-state index contributed by atoms with van der Waals surface area (Å²) in [6, 6.07) is 2.31. The fourth-order valence-electron chi connectivity index (χ4n) is 1.72. The molecule has 0 atom stereocenters. The number of halogens is 4. The zero-order valence-electron chi connectivity index (χ0n) is 8.91. The van der Waals surface area contributed by atoms with Crippen LogP contribution in [0.3, 0.4) is 0 Å². The van der Waals surface area contributed by atoms with E-state index in [1.807, 2.05) is 4.90 Å². The average Bonchev–Trinajstić information content (AvgIpc) is 2.29. The second-order valence-corrected chi connectivity index (χ2v) is 4.55. The third kappa shape index (κ3) is 3.00. The number of alkyl halides is 4. The van der Waals surface area contributed by atoms with Crippen LogP contribution >= 0.6 is 11.6 Å². The van der Waals surface area contributed by atoms with Crippen molar-refractivity contribution >= 4 is 17.4 Å². The van der Waals surface area contributed by atoms with Crippen LogP contribution in [0.2, 0.25) is 0 Å². The molecule has 2 heterocycles. The van der Waals surface area contributed by atoms with Crippen molar-refractivity contribution in [3.8, 4) is 0 Å². The van der Waals surface area contributed by atoms with Crippen molar-refractivity contribution < 1.29 is 13.2 Å². The largest absolute Gasteiger partial charge is 0.435 e. The third-order valence-electron chi connectivity index (χ3n) is 2.69. The van der Waals surface area contributed by atoms with Crippen molar-refractivity contribution in [1.82, 2.24) is 10.2 Å². The highest BCUT2D eigenvalue weighted by molar-refractivity contribution is 6.20. The van der Waals surface area contributed by atoms with Crippen LogP contribution in [0.15, 0.2) is 12.1 Å². The van der Waals surface area contributed by atoms with Crippen LogP contribution < -0.4 is 4.90 Å². The molecule has 1 saturated heterocycles. The van der Waals surface area contributed by atoms with Crippen LogP contribution in [0.5, 0.6) is 0 Å². The van der Waals surface area contributed by atoms with Crippen LogP contribution in [0.25, 0.3) is 0 Å². The predicted octanol–water partition coefficient (Wildman–Crippen LogP) is 2.70. The first-order valence-electron chi connectivity index (χ1n) is 5.27. The Balaban J connectivity index is 2.08. The Bertz CT molecular complexity index is 371. The van der Waals surface area contributed by atoms with Crippen LogP contribution in [-0.2, 0) is 6.18 Å². The van der Waals surface area contributed by atoms with E-state index in [0.717, 1.165) is 18.9 Å². The number of hydrogen-bond acceptors (Lipinski definition) is 3. The summed E-state index contributed by atoms with van der Waals surface area (Å²) in [5.74, 6) is 0.474. The highest BCUT2D eigenvalue weighted by atomic mass is 35.5. The van der Waals surface area contributed by atoms with Crippen molar-refractivity contribution in [2.24, 2.45) is 0 Å². The maximum absolute atomic E-state index is 12.3. The first-order valence-corrected chi connectivity index (χ1v) is 5.70. The Morgan fingerprint density at radius 2 is 1.82 bits per heavy atom. The van der Waals surface area contributed by atoms with Gasteiger partial charge in [-0.1, -0.05) is 0 Å². The van der Waals surface area contributed by atoms with Crippen LogP contribution in [-0.4, -0.2) is 28.7 Å². The van der Waals surface area contributed by atoms with E-state index >= 15 is 0 Å². The molecule has 1 aromatic rings. The monoisotopic (exact) mass is 265 g/mol. The molecular formula is C10H11ClF3N3. The second kappa shape index (κ2) is 4.68. The summed E-state index contributed by atoms with van der Waals surface area (Å²) in [6.07, 6.45) is -2.82. The van der Waals surface area contributed by atoms with Gasteiger partial charge in [0.2, 0.25) is 0 Å². The van der Waals surface area contributed by atoms with Gasteiger partial charge in [-0.3, -0.25) is 0 Å². The number of nitrogens with zero attached hydrogens (tertiary/aromatic N) is 3. The fraction of sp³-hybridized carbons (Fsp3) is 0.600. The second-order valence-electron chi connectivity index (χ2n) is 3.94. The van der Waals surface area contributed by atoms with E-state index in [0.29, 0.717) is 18.9 Å². The smallest absolute Gasteiger partial charge is 0.355 e. The number of anilines is 1. The molecule has 7 heteroatoms. The molecule has 0 unspecified atom stereocenters. The number of rotatable bonds is 1. The Morgan fingerprint density at radius 3 is 2.29 bits per heavy atom. The molecule has 1 aliphatic heterocycles. The summed E-state index contributed by atoms with van der Waals surface area (Å²) in [5, 5.41) is 6.95. The lowest BCUT2D eigenvalue weighted by atomic mass is 10.1. The normalized spacial score (nSPS) is 18.5. The zero-order valence-corrected chi connectivity index (χ0v) is 9.67. The maximum atomic E-state index is 12.3. The summed E-state index contributed by atoms with van der Waals surface area (Å²) < 4.78 is 36.8. The molecule has 94 valence electrons. The van der Waals surface area contributed by atoms with Crippen molar-refractivity contribution in [3.05, 3.63) is 17.8 Å². The molecule has 0 N–H and O–H groups in total. The van der Waals surface area contributed by atoms with Gasteiger partial charge in [-0.25, -0.2) is 0 Å². The van der Waals surface area contributed by atoms with Crippen LogP contribution in [0.4, 0.5) is 19.0 Å². The highest BCUT2D eigenvalue weighted by Crippen LogP contribution is 2.28. The van der Waals surface area contributed by atoms with Crippen LogP contribution in [0.1, 0.15) is 18.5 Å². The fourth-order valence-corrected chi connectivity index (χ4v) is 1.92. The minimum Gasteiger partial charge on any atom is -0.355 e. The van der Waals surface area contributed by atoms with Gasteiger partial charge in [-0.05, 0) is 25.0 Å². The van der Waals surface area contributed by atoms with E-state index in [9.17, 15) is 13.2 Å². The van der Waals surface area contributed by atoms with Gasteiger partial charge in [0.25, 0.3) is 0 Å². The van der Waals surface area contributed by atoms with E-state index < -0.39 is 11.9 Å². The molecule has 0 amide bonds. The molecule has 2 rings (SSSR count). The summed E-state index contributed by atoms with van der Waals surface area (Å²) in [7, 11) is 0. The van der Waals surface area contributed by atoms with E-state index in [1.54, 1.807) is 0 Å². The van der Waals surface area contributed by atoms with E-state index in [4.69, 9.17) is 11.6 Å². The summed E-state index contributed by atoms with van der Waals surface area (Å²) >= 11 is 5.94. The molecule has 0 aromatic carbocycles. The molecule has 1 aromatic heterocycles. The quantitative estimate of drug-likeness (QED) is 0.731. The number of hydrogen-bond donors (Lipinski definition) is 0.